The second-order valence-electron chi connectivity index (χ2n) is 19.2. The summed E-state index contributed by atoms with van der Waals surface area (Å²) in [4.78, 5) is 38.0. The first-order valence-electron chi connectivity index (χ1n) is 28.0. The molecule has 0 aliphatic carbocycles. The molecule has 6 heteroatoms. The lowest BCUT2D eigenvalue weighted by Crippen LogP contribution is -2.30. The Bertz CT molecular complexity index is 920. The van der Waals surface area contributed by atoms with Crippen molar-refractivity contribution in [3.05, 3.63) is 0 Å². The Morgan fingerprint density at radius 2 is 0.435 bits per heavy atom. The van der Waals surface area contributed by atoms with Crippen LogP contribution in [0.1, 0.15) is 323 Å². The maximum atomic E-state index is 12.8. The molecule has 0 saturated carbocycles. The Morgan fingerprint density at radius 3 is 0.645 bits per heavy atom. The van der Waals surface area contributed by atoms with E-state index in [1.54, 1.807) is 0 Å². The third-order valence-electron chi connectivity index (χ3n) is 12.9. The fourth-order valence-electron chi connectivity index (χ4n) is 8.62. The van der Waals surface area contributed by atoms with E-state index in [1.165, 1.54) is 225 Å². The monoisotopic (exact) mass is 877 g/mol. The molecule has 1 atom stereocenters. The van der Waals surface area contributed by atoms with Crippen LogP contribution in [0.15, 0.2) is 0 Å². The normalized spacial score (nSPS) is 11.9. The Balaban J connectivity index is 4.28. The molecule has 6 nitrogen and oxygen atoms in total. The number of ether oxygens (including phenoxy) is 3. The van der Waals surface area contributed by atoms with Gasteiger partial charge in [0.05, 0.1) is 0 Å². The molecule has 0 radical (unpaired) electrons. The van der Waals surface area contributed by atoms with Crippen LogP contribution in [0.4, 0.5) is 0 Å². The summed E-state index contributed by atoms with van der Waals surface area (Å²) in [5.74, 6) is -0.834. The van der Waals surface area contributed by atoms with E-state index in [0.29, 0.717) is 19.3 Å². The van der Waals surface area contributed by atoms with Crippen LogP contribution in [-0.2, 0) is 28.6 Å². The molecule has 0 spiro atoms. The van der Waals surface area contributed by atoms with Gasteiger partial charge < -0.3 is 14.2 Å². The van der Waals surface area contributed by atoms with Crippen molar-refractivity contribution in [2.45, 2.75) is 329 Å². The molecule has 0 bridgehead atoms. The Labute approximate surface area is 387 Å². The number of esters is 3. The minimum Gasteiger partial charge on any atom is -0.462 e. The van der Waals surface area contributed by atoms with Crippen LogP contribution in [0, 0.1) is 0 Å². The predicted octanol–water partition coefficient (Wildman–Crippen LogP) is 18.4. The van der Waals surface area contributed by atoms with Gasteiger partial charge >= 0.3 is 17.9 Å². The first-order chi connectivity index (χ1) is 30.5. The quantitative estimate of drug-likeness (QED) is 0.0344. The largest absolute Gasteiger partial charge is 0.462 e. The zero-order chi connectivity index (χ0) is 45.1. The van der Waals surface area contributed by atoms with Crippen molar-refractivity contribution >= 4 is 17.9 Å². The molecule has 0 aliphatic rings. The number of carbonyl (C=O) groups is 3. The number of unbranched alkanes of at least 4 members (excludes halogenated alkanes) is 41. The average Bonchev–Trinajstić information content (AvgIpc) is 3.27. The number of rotatable bonds is 52. The topological polar surface area (TPSA) is 78.9 Å². The standard InChI is InChI=1S/C56H108O6/c1-4-7-10-13-16-19-22-25-27-28-29-32-34-37-40-43-46-49-55(58)61-52-53(51-60-54(57)48-45-42-39-36-33-30-24-21-18-15-12-9-6-3)62-56(59)50-47-44-41-38-35-31-26-23-20-17-14-11-8-5-2/h53H,4-52H2,1-3H3. The summed E-state index contributed by atoms with van der Waals surface area (Å²) in [5.41, 5.74) is 0. The summed E-state index contributed by atoms with van der Waals surface area (Å²) in [6.45, 7) is 6.70. The van der Waals surface area contributed by atoms with Gasteiger partial charge in [-0.1, -0.05) is 284 Å². The predicted molar refractivity (Wildman–Crippen MR) is 266 cm³/mol. The van der Waals surface area contributed by atoms with Gasteiger partial charge in [0.15, 0.2) is 6.10 Å². The van der Waals surface area contributed by atoms with E-state index >= 15 is 0 Å². The van der Waals surface area contributed by atoms with Crippen LogP contribution in [0.2, 0.25) is 0 Å². The average molecular weight is 877 g/mol. The summed E-state index contributed by atoms with van der Waals surface area (Å²) >= 11 is 0. The van der Waals surface area contributed by atoms with Crippen molar-refractivity contribution < 1.29 is 28.6 Å². The highest BCUT2D eigenvalue weighted by molar-refractivity contribution is 5.71. The van der Waals surface area contributed by atoms with Crippen molar-refractivity contribution in [1.82, 2.24) is 0 Å². The summed E-state index contributed by atoms with van der Waals surface area (Å²) in [6.07, 6.45) is 56.6. The molecule has 368 valence electrons. The minimum atomic E-state index is -0.760. The molecule has 0 fully saturated rings. The first-order valence-corrected chi connectivity index (χ1v) is 28.0. The van der Waals surface area contributed by atoms with E-state index in [2.05, 4.69) is 20.8 Å². The summed E-state index contributed by atoms with van der Waals surface area (Å²) in [6, 6.07) is 0. The van der Waals surface area contributed by atoms with Gasteiger partial charge in [-0.15, -0.1) is 0 Å². The first kappa shape index (κ1) is 60.4. The van der Waals surface area contributed by atoms with Crippen molar-refractivity contribution in [3.63, 3.8) is 0 Å². The molecule has 0 N–H and O–H groups in total. The fraction of sp³-hybridized carbons (Fsp3) is 0.946. The van der Waals surface area contributed by atoms with Crippen LogP contribution in [0.3, 0.4) is 0 Å². The smallest absolute Gasteiger partial charge is 0.306 e. The molecule has 62 heavy (non-hydrogen) atoms. The van der Waals surface area contributed by atoms with Gasteiger partial charge in [-0.2, -0.15) is 0 Å². The van der Waals surface area contributed by atoms with Gasteiger partial charge in [-0.05, 0) is 19.3 Å². The molecule has 0 aromatic rings. The molecule has 0 aliphatic heterocycles. The van der Waals surface area contributed by atoms with E-state index in [9.17, 15) is 14.4 Å². The molecule has 0 heterocycles. The van der Waals surface area contributed by atoms with E-state index in [0.717, 1.165) is 57.8 Å². The van der Waals surface area contributed by atoms with Crippen LogP contribution in [0.5, 0.6) is 0 Å². The molecule has 0 aromatic carbocycles. The molecule has 0 saturated heterocycles. The number of carbonyl (C=O) groups excluding carboxylic acids is 3. The molecule has 0 rings (SSSR count). The Morgan fingerprint density at radius 1 is 0.258 bits per heavy atom. The van der Waals surface area contributed by atoms with Gasteiger partial charge in [-0.25, -0.2) is 0 Å². The molecule has 0 amide bonds. The summed E-state index contributed by atoms with van der Waals surface area (Å²) in [5, 5.41) is 0. The van der Waals surface area contributed by atoms with Crippen molar-refractivity contribution in [2.24, 2.45) is 0 Å². The zero-order valence-corrected chi connectivity index (χ0v) is 42.2. The molecule has 1 unspecified atom stereocenters. The van der Waals surface area contributed by atoms with Gasteiger partial charge in [0.2, 0.25) is 0 Å². The van der Waals surface area contributed by atoms with E-state index in [1.807, 2.05) is 0 Å². The minimum absolute atomic E-state index is 0.0612. The van der Waals surface area contributed by atoms with Gasteiger partial charge in [0, 0.05) is 19.3 Å². The highest BCUT2D eigenvalue weighted by Gasteiger charge is 2.19. The molecule has 0 aromatic heterocycles. The highest BCUT2D eigenvalue weighted by Crippen LogP contribution is 2.17. The van der Waals surface area contributed by atoms with Crippen molar-refractivity contribution in [3.8, 4) is 0 Å². The van der Waals surface area contributed by atoms with E-state index < -0.39 is 6.10 Å². The second-order valence-corrected chi connectivity index (χ2v) is 19.2. The molecular formula is C56H108O6. The lowest BCUT2D eigenvalue weighted by atomic mass is 10.0. The Hall–Kier alpha value is -1.59. The van der Waals surface area contributed by atoms with Crippen LogP contribution in [0.25, 0.3) is 0 Å². The van der Waals surface area contributed by atoms with Gasteiger partial charge in [0.1, 0.15) is 13.2 Å². The Kier molecular flexibility index (Phi) is 50.7. The fourth-order valence-corrected chi connectivity index (χ4v) is 8.62. The van der Waals surface area contributed by atoms with Crippen LogP contribution < -0.4 is 0 Å². The summed E-state index contributed by atoms with van der Waals surface area (Å²) < 4.78 is 16.9. The molecular weight excluding hydrogens is 769 g/mol. The summed E-state index contributed by atoms with van der Waals surface area (Å²) in [7, 11) is 0. The van der Waals surface area contributed by atoms with Crippen LogP contribution in [-0.4, -0.2) is 37.2 Å². The van der Waals surface area contributed by atoms with Crippen LogP contribution >= 0.6 is 0 Å². The van der Waals surface area contributed by atoms with Crippen molar-refractivity contribution in [1.29, 1.82) is 0 Å². The lowest BCUT2D eigenvalue weighted by molar-refractivity contribution is -0.167. The van der Waals surface area contributed by atoms with Gasteiger partial charge in [0.25, 0.3) is 0 Å². The lowest BCUT2D eigenvalue weighted by Gasteiger charge is -2.18. The number of hydrogen-bond donors (Lipinski definition) is 0. The maximum absolute atomic E-state index is 12.8. The van der Waals surface area contributed by atoms with E-state index in [-0.39, 0.29) is 31.1 Å². The number of hydrogen-bond acceptors (Lipinski definition) is 6. The highest BCUT2D eigenvalue weighted by atomic mass is 16.6. The van der Waals surface area contributed by atoms with Gasteiger partial charge in [-0.3, -0.25) is 14.4 Å². The zero-order valence-electron chi connectivity index (χ0n) is 42.2. The van der Waals surface area contributed by atoms with Crippen molar-refractivity contribution in [2.75, 3.05) is 13.2 Å². The SMILES string of the molecule is CCCCCCCCCCCCCCCCCCCC(=O)OCC(COC(=O)CCCCCCCCCCCCCCC)OC(=O)CCCCCCCCCCCCCCCC. The third-order valence-corrected chi connectivity index (χ3v) is 12.9. The third kappa shape index (κ3) is 49.4. The van der Waals surface area contributed by atoms with E-state index in [4.69, 9.17) is 14.2 Å². The maximum Gasteiger partial charge on any atom is 0.306 e. The second kappa shape index (κ2) is 52.0.